The molecule has 106 valence electrons. The molecular formula is C15H23FN2O. The van der Waals surface area contributed by atoms with Crippen molar-refractivity contribution in [2.24, 2.45) is 0 Å². The highest BCUT2D eigenvalue weighted by Crippen LogP contribution is 2.14. The molecule has 0 aliphatic heterocycles. The first-order chi connectivity index (χ1) is 9.02. The van der Waals surface area contributed by atoms with E-state index in [0.29, 0.717) is 12.2 Å². The van der Waals surface area contributed by atoms with Crippen LogP contribution in [0.15, 0.2) is 18.2 Å². The van der Waals surface area contributed by atoms with Crippen molar-refractivity contribution in [3.63, 3.8) is 0 Å². The average Bonchev–Trinajstić information content (AvgIpc) is 2.33. The number of carbonyl (C=O) groups is 1. The molecule has 0 fully saturated rings. The Kier molecular flexibility index (Phi) is 6.33. The van der Waals surface area contributed by atoms with E-state index in [4.69, 9.17) is 0 Å². The van der Waals surface area contributed by atoms with E-state index >= 15 is 0 Å². The van der Waals surface area contributed by atoms with Gasteiger partial charge in [-0.05, 0) is 44.0 Å². The van der Waals surface area contributed by atoms with Crippen molar-refractivity contribution >= 4 is 11.6 Å². The third-order valence-corrected chi connectivity index (χ3v) is 2.90. The molecule has 1 aromatic rings. The Bertz CT molecular complexity index is 400. The summed E-state index contributed by atoms with van der Waals surface area (Å²) in [6, 6.07) is 4.31. The second kappa shape index (κ2) is 7.77. The van der Waals surface area contributed by atoms with Crippen LogP contribution in [-0.2, 0) is 4.79 Å². The summed E-state index contributed by atoms with van der Waals surface area (Å²) in [5.41, 5.74) is 1.46. The fourth-order valence-electron chi connectivity index (χ4n) is 1.87. The SMILES string of the molecule is CCCCCNC(=O)C(C)Nc1cc(C)cc(F)c1. The van der Waals surface area contributed by atoms with Gasteiger partial charge in [-0.15, -0.1) is 0 Å². The second-order valence-electron chi connectivity index (χ2n) is 4.88. The fraction of sp³-hybridized carbons (Fsp3) is 0.533. The highest BCUT2D eigenvalue weighted by molar-refractivity contribution is 5.84. The maximum Gasteiger partial charge on any atom is 0.242 e. The predicted molar refractivity (Wildman–Crippen MR) is 76.8 cm³/mol. The van der Waals surface area contributed by atoms with Gasteiger partial charge in [-0.3, -0.25) is 4.79 Å². The van der Waals surface area contributed by atoms with Crippen LogP contribution in [0.1, 0.15) is 38.7 Å². The topological polar surface area (TPSA) is 41.1 Å². The van der Waals surface area contributed by atoms with Gasteiger partial charge in [-0.1, -0.05) is 19.8 Å². The predicted octanol–water partition coefficient (Wildman–Crippen LogP) is 3.24. The molecule has 19 heavy (non-hydrogen) atoms. The largest absolute Gasteiger partial charge is 0.374 e. The van der Waals surface area contributed by atoms with Crippen LogP contribution in [0, 0.1) is 12.7 Å². The van der Waals surface area contributed by atoms with E-state index in [1.165, 1.54) is 12.1 Å². The Morgan fingerprint density at radius 2 is 2.05 bits per heavy atom. The van der Waals surface area contributed by atoms with Crippen LogP contribution < -0.4 is 10.6 Å². The molecule has 4 heteroatoms. The summed E-state index contributed by atoms with van der Waals surface area (Å²) in [6.07, 6.45) is 3.24. The van der Waals surface area contributed by atoms with Gasteiger partial charge in [0.2, 0.25) is 5.91 Å². The molecule has 0 heterocycles. The first kappa shape index (κ1) is 15.5. The zero-order chi connectivity index (χ0) is 14.3. The van der Waals surface area contributed by atoms with E-state index in [1.807, 2.05) is 13.0 Å². The first-order valence-corrected chi connectivity index (χ1v) is 6.84. The number of carbonyl (C=O) groups excluding carboxylic acids is 1. The number of benzene rings is 1. The molecule has 1 atom stereocenters. The van der Waals surface area contributed by atoms with Gasteiger partial charge in [0.25, 0.3) is 0 Å². The van der Waals surface area contributed by atoms with E-state index < -0.39 is 0 Å². The first-order valence-electron chi connectivity index (χ1n) is 6.84. The van der Waals surface area contributed by atoms with E-state index in [2.05, 4.69) is 17.6 Å². The number of hydrogen-bond donors (Lipinski definition) is 2. The smallest absolute Gasteiger partial charge is 0.242 e. The van der Waals surface area contributed by atoms with E-state index in [-0.39, 0.29) is 17.8 Å². The molecule has 1 aromatic carbocycles. The van der Waals surface area contributed by atoms with Crippen molar-refractivity contribution in [1.82, 2.24) is 5.32 Å². The van der Waals surface area contributed by atoms with Crippen LogP contribution in [0.3, 0.4) is 0 Å². The number of nitrogens with one attached hydrogen (secondary N) is 2. The van der Waals surface area contributed by atoms with Crippen LogP contribution in [0.2, 0.25) is 0 Å². The van der Waals surface area contributed by atoms with Crippen LogP contribution in [0.5, 0.6) is 0 Å². The van der Waals surface area contributed by atoms with Gasteiger partial charge in [0.05, 0.1) is 0 Å². The average molecular weight is 266 g/mol. The maximum absolute atomic E-state index is 13.2. The number of rotatable bonds is 7. The summed E-state index contributed by atoms with van der Waals surface area (Å²) in [5, 5.41) is 5.88. The summed E-state index contributed by atoms with van der Waals surface area (Å²) in [6.45, 7) is 6.41. The number of aryl methyl sites for hydroxylation is 1. The minimum atomic E-state index is -0.372. The minimum absolute atomic E-state index is 0.0574. The number of halogens is 1. The standard InChI is InChI=1S/C15H23FN2O/c1-4-5-6-7-17-15(19)12(3)18-14-9-11(2)8-13(16)10-14/h8-10,12,18H,4-7H2,1-3H3,(H,17,19). The summed E-state index contributed by atoms with van der Waals surface area (Å²) < 4.78 is 13.2. The molecule has 1 unspecified atom stereocenters. The van der Waals surface area contributed by atoms with Crippen molar-refractivity contribution in [2.45, 2.75) is 46.1 Å². The monoisotopic (exact) mass is 266 g/mol. The molecular weight excluding hydrogens is 243 g/mol. The Morgan fingerprint density at radius 3 is 2.68 bits per heavy atom. The van der Waals surface area contributed by atoms with Crippen LogP contribution in [0.4, 0.5) is 10.1 Å². The molecule has 1 amide bonds. The summed E-state index contributed by atoms with van der Waals surface area (Å²) >= 11 is 0. The molecule has 0 aliphatic rings. The van der Waals surface area contributed by atoms with Gasteiger partial charge in [0, 0.05) is 12.2 Å². The van der Waals surface area contributed by atoms with E-state index in [1.54, 1.807) is 6.92 Å². The second-order valence-corrected chi connectivity index (χ2v) is 4.88. The number of unbranched alkanes of at least 4 members (excludes halogenated alkanes) is 2. The Hall–Kier alpha value is -1.58. The van der Waals surface area contributed by atoms with Gasteiger partial charge >= 0.3 is 0 Å². The molecule has 1 rings (SSSR count). The summed E-state index contributed by atoms with van der Waals surface area (Å²) in [7, 11) is 0. The molecule has 0 aromatic heterocycles. The molecule has 0 radical (unpaired) electrons. The van der Waals surface area contributed by atoms with E-state index in [9.17, 15) is 9.18 Å². The summed E-state index contributed by atoms with van der Waals surface area (Å²) in [4.78, 5) is 11.8. The van der Waals surface area contributed by atoms with Crippen LogP contribution in [-0.4, -0.2) is 18.5 Å². The van der Waals surface area contributed by atoms with E-state index in [0.717, 1.165) is 24.8 Å². The Labute approximate surface area is 114 Å². The maximum atomic E-state index is 13.2. The quantitative estimate of drug-likeness (QED) is 0.744. The fourth-order valence-corrected chi connectivity index (χ4v) is 1.87. The van der Waals surface area contributed by atoms with Crippen molar-refractivity contribution in [2.75, 3.05) is 11.9 Å². The lowest BCUT2D eigenvalue weighted by Gasteiger charge is -2.15. The lowest BCUT2D eigenvalue weighted by atomic mass is 10.2. The molecule has 3 nitrogen and oxygen atoms in total. The summed E-state index contributed by atoms with van der Waals surface area (Å²) in [5.74, 6) is -0.351. The molecule has 0 bridgehead atoms. The van der Waals surface area contributed by atoms with Gasteiger partial charge in [-0.25, -0.2) is 4.39 Å². The molecule has 0 aliphatic carbocycles. The van der Waals surface area contributed by atoms with Gasteiger partial charge in [0.15, 0.2) is 0 Å². The van der Waals surface area contributed by atoms with Crippen LogP contribution in [0.25, 0.3) is 0 Å². The molecule has 0 spiro atoms. The third-order valence-electron chi connectivity index (χ3n) is 2.90. The zero-order valence-electron chi connectivity index (χ0n) is 11.9. The van der Waals surface area contributed by atoms with Crippen molar-refractivity contribution in [1.29, 1.82) is 0 Å². The highest BCUT2D eigenvalue weighted by atomic mass is 19.1. The van der Waals surface area contributed by atoms with Gasteiger partial charge < -0.3 is 10.6 Å². The van der Waals surface area contributed by atoms with Gasteiger partial charge in [0.1, 0.15) is 11.9 Å². The highest BCUT2D eigenvalue weighted by Gasteiger charge is 2.12. The van der Waals surface area contributed by atoms with Gasteiger partial charge in [-0.2, -0.15) is 0 Å². The molecule has 2 N–H and O–H groups in total. The number of anilines is 1. The van der Waals surface area contributed by atoms with Crippen molar-refractivity contribution < 1.29 is 9.18 Å². The number of amides is 1. The Morgan fingerprint density at radius 1 is 1.32 bits per heavy atom. The van der Waals surface area contributed by atoms with Crippen LogP contribution >= 0.6 is 0 Å². The minimum Gasteiger partial charge on any atom is -0.374 e. The van der Waals surface area contributed by atoms with Crippen molar-refractivity contribution in [3.05, 3.63) is 29.6 Å². The molecule has 0 saturated carbocycles. The third kappa shape index (κ3) is 5.73. The Balaban J connectivity index is 2.44. The zero-order valence-corrected chi connectivity index (χ0v) is 11.9. The normalized spacial score (nSPS) is 12.0. The lowest BCUT2D eigenvalue weighted by molar-refractivity contribution is -0.121. The lowest BCUT2D eigenvalue weighted by Crippen LogP contribution is -2.38. The molecule has 0 saturated heterocycles. The number of hydrogen-bond acceptors (Lipinski definition) is 2. The van der Waals surface area contributed by atoms with Crippen molar-refractivity contribution in [3.8, 4) is 0 Å².